The average molecular weight is 441 g/mol. The average Bonchev–Trinajstić information content (AvgIpc) is 3.10. The molecule has 0 aliphatic carbocycles. The summed E-state index contributed by atoms with van der Waals surface area (Å²) in [6, 6.07) is 9.62. The highest BCUT2D eigenvalue weighted by atomic mass is 16.5. The van der Waals surface area contributed by atoms with Crippen molar-refractivity contribution in [1.29, 1.82) is 0 Å². The van der Waals surface area contributed by atoms with Crippen LogP contribution < -0.4 is 10.1 Å². The molecule has 0 atom stereocenters. The fourth-order valence-electron chi connectivity index (χ4n) is 3.03. The van der Waals surface area contributed by atoms with Crippen LogP contribution in [-0.2, 0) is 19.1 Å². The zero-order valence-corrected chi connectivity index (χ0v) is 17.7. The van der Waals surface area contributed by atoms with Crippen LogP contribution in [0.4, 0.5) is 5.69 Å². The number of rotatable bonds is 9. The predicted octanol–water partition coefficient (Wildman–Crippen LogP) is 1.72. The third-order valence-corrected chi connectivity index (χ3v) is 4.55. The number of aliphatic hydroxyl groups excluding tert-OH is 1. The predicted molar refractivity (Wildman–Crippen MR) is 113 cm³/mol. The summed E-state index contributed by atoms with van der Waals surface area (Å²) in [4.78, 5) is 41.9. The largest absolute Gasteiger partial charge is 0.466 e. The molecular formula is C22H23N3O7. The molecule has 2 heterocycles. The first-order valence-electron chi connectivity index (χ1n) is 9.86. The monoisotopic (exact) mass is 441 g/mol. The number of carbonyl (C=O) groups excluding carboxylic acids is 3. The number of methoxy groups -OCH3 is 1. The first-order chi connectivity index (χ1) is 15.5. The zero-order chi connectivity index (χ0) is 23.1. The second-order valence-corrected chi connectivity index (χ2v) is 6.65. The van der Waals surface area contributed by atoms with Gasteiger partial charge >= 0.3 is 11.9 Å². The van der Waals surface area contributed by atoms with Gasteiger partial charge in [0.1, 0.15) is 11.4 Å². The first-order valence-corrected chi connectivity index (χ1v) is 9.86. The van der Waals surface area contributed by atoms with Crippen LogP contribution in [0.3, 0.4) is 0 Å². The van der Waals surface area contributed by atoms with Crippen LogP contribution in [-0.4, -0.2) is 66.2 Å². The first kappa shape index (κ1) is 22.8. The van der Waals surface area contributed by atoms with Crippen LogP contribution in [0.1, 0.15) is 17.3 Å². The van der Waals surface area contributed by atoms with Gasteiger partial charge in [0.05, 0.1) is 38.0 Å². The summed E-state index contributed by atoms with van der Waals surface area (Å²) < 4.78 is 15.4. The fourth-order valence-corrected chi connectivity index (χ4v) is 3.03. The molecular weight excluding hydrogens is 418 g/mol. The Morgan fingerprint density at radius 3 is 2.59 bits per heavy atom. The maximum atomic E-state index is 12.6. The van der Waals surface area contributed by atoms with Gasteiger partial charge in [-0.05, 0) is 37.3 Å². The molecule has 1 aliphatic heterocycles. The molecule has 1 aromatic carbocycles. The van der Waals surface area contributed by atoms with Gasteiger partial charge in [-0.2, -0.15) is 0 Å². The summed E-state index contributed by atoms with van der Waals surface area (Å²) in [5.74, 6) is -0.817. The Morgan fingerprint density at radius 1 is 1.19 bits per heavy atom. The van der Waals surface area contributed by atoms with Crippen LogP contribution in [0.2, 0.25) is 0 Å². The zero-order valence-electron chi connectivity index (χ0n) is 17.7. The number of nitrogens with one attached hydrogen (secondary N) is 1. The number of pyridine rings is 1. The summed E-state index contributed by atoms with van der Waals surface area (Å²) in [6.45, 7) is 1.93. The summed E-state index contributed by atoms with van der Waals surface area (Å²) in [6.07, 6.45) is 1.45. The molecule has 2 N–H and O–H groups in total. The van der Waals surface area contributed by atoms with E-state index in [1.54, 1.807) is 31.2 Å². The molecule has 0 saturated carbocycles. The van der Waals surface area contributed by atoms with E-state index in [-0.39, 0.29) is 43.5 Å². The molecule has 10 nitrogen and oxygen atoms in total. The topological polar surface area (TPSA) is 127 Å². The number of hydrogen-bond donors (Lipinski definition) is 2. The van der Waals surface area contributed by atoms with E-state index in [1.165, 1.54) is 30.3 Å². The van der Waals surface area contributed by atoms with Crippen molar-refractivity contribution in [2.75, 3.05) is 38.7 Å². The van der Waals surface area contributed by atoms with Gasteiger partial charge in [-0.3, -0.25) is 4.79 Å². The number of aliphatic hydroxyl groups is 1. The molecule has 1 aromatic heterocycles. The van der Waals surface area contributed by atoms with Crippen LogP contribution in [0.5, 0.6) is 11.6 Å². The van der Waals surface area contributed by atoms with E-state index in [1.807, 2.05) is 0 Å². The quantitative estimate of drug-likeness (QED) is 0.559. The molecule has 10 heteroatoms. The van der Waals surface area contributed by atoms with E-state index in [0.717, 1.165) is 0 Å². The SMILES string of the molecule is CCOC(=O)c1ccnc(Oc2ccc(NC3=C(C(=O)OC)CN(CCO)C3=O)cc2)c1. The number of anilines is 1. The van der Waals surface area contributed by atoms with Crippen molar-refractivity contribution in [1.82, 2.24) is 9.88 Å². The van der Waals surface area contributed by atoms with Crippen molar-refractivity contribution in [2.45, 2.75) is 6.92 Å². The van der Waals surface area contributed by atoms with Crippen molar-refractivity contribution < 1.29 is 33.7 Å². The van der Waals surface area contributed by atoms with Gasteiger partial charge in [0.25, 0.3) is 5.91 Å². The second kappa shape index (κ2) is 10.4. The molecule has 1 amide bonds. The smallest absolute Gasteiger partial charge is 0.338 e. The van der Waals surface area contributed by atoms with Gasteiger partial charge in [-0.25, -0.2) is 14.6 Å². The number of nitrogens with zero attached hydrogens (tertiary/aromatic N) is 2. The molecule has 0 radical (unpaired) electrons. The highest BCUT2D eigenvalue weighted by molar-refractivity contribution is 6.08. The van der Waals surface area contributed by atoms with Crippen LogP contribution in [0.15, 0.2) is 53.9 Å². The van der Waals surface area contributed by atoms with Crippen LogP contribution >= 0.6 is 0 Å². The van der Waals surface area contributed by atoms with E-state index in [0.29, 0.717) is 17.0 Å². The highest BCUT2D eigenvalue weighted by Gasteiger charge is 2.34. The van der Waals surface area contributed by atoms with E-state index in [4.69, 9.17) is 19.3 Å². The molecule has 32 heavy (non-hydrogen) atoms. The molecule has 3 rings (SSSR count). The second-order valence-electron chi connectivity index (χ2n) is 6.65. The molecule has 2 aromatic rings. The molecule has 0 unspecified atom stereocenters. The molecule has 0 saturated heterocycles. The summed E-state index contributed by atoms with van der Waals surface area (Å²) in [7, 11) is 1.24. The van der Waals surface area contributed by atoms with Crippen LogP contribution in [0.25, 0.3) is 0 Å². The number of carbonyl (C=O) groups is 3. The fraction of sp³-hybridized carbons (Fsp3) is 0.273. The van der Waals surface area contributed by atoms with Crippen molar-refractivity contribution >= 4 is 23.5 Å². The Kier molecular flexibility index (Phi) is 7.40. The maximum absolute atomic E-state index is 12.6. The minimum atomic E-state index is -0.617. The Hall–Kier alpha value is -3.92. The minimum Gasteiger partial charge on any atom is -0.466 e. The third-order valence-electron chi connectivity index (χ3n) is 4.55. The Morgan fingerprint density at radius 2 is 1.94 bits per heavy atom. The molecule has 1 aliphatic rings. The lowest BCUT2D eigenvalue weighted by Gasteiger charge is -2.15. The Labute approximate surface area is 184 Å². The van der Waals surface area contributed by atoms with E-state index >= 15 is 0 Å². The molecule has 168 valence electrons. The summed E-state index contributed by atoms with van der Waals surface area (Å²) in [5.41, 5.74) is 1.15. The normalized spacial score (nSPS) is 13.2. The van der Waals surface area contributed by atoms with E-state index in [2.05, 4.69) is 10.3 Å². The van der Waals surface area contributed by atoms with E-state index in [9.17, 15) is 14.4 Å². The van der Waals surface area contributed by atoms with Gasteiger partial charge in [0.15, 0.2) is 0 Å². The summed E-state index contributed by atoms with van der Waals surface area (Å²) >= 11 is 0. The van der Waals surface area contributed by atoms with Crippen molar-refractivity contribution in [2.24, 2.45) is 0 Å². The van der Waals surface area contributed by atoms with E-state index < -0.39 is 17.8 Å². The Balaban J connectivity index is 1.73. The minimum absolute atomic E-state index is 0.0536. The number of β-amino-alcohol motifs (C(OH)–C–C–N with tert-alkyl or cyclic N) is 1. The Bertz CT molecular complexity index is 1030. The number of hydrogen-bond acceptors (Lipinski definition) is 9. The molecule has 0 fully saturated rings. The highest BCUT2D eigenvalue weighted by Crippen LogP contribution is 2.26. The number of aromatic nitrogens is 1. The molecule has 0 spiro atoms. The van der Waals surface area contributed by atoms with Crippen molar-refractivity contribution in [3.05, 3.63) is 59.4 Å². The van der Waals surface area contributed by atoms with Crippen molar-refractivity contribution in [3.8, 4) is 11.6 Å². The van der Waals surface area contributed by atoms with Gasteiger partial charge < -0.3 is 29.5 Å². The number of ether oxygens (including phenoxy) is 3. The van der Waals surface area contributed by atoms with Gasteiger partial charge in [-0.1, -0.05) is 0 Å². The lowest BCUT2D eigenvalue weighted by Crippen LogP contribution is -2.31. The van der Waals surface area contributed by atoms with Crippen LogP contribution in [0, 0.1) is 0 Å². The van der Waals surface area contributed by atoms with Gasteiger partial charge in [-0.15, -0.1) is 0 Å². The molecule has 0 bridgehead atoms. The number of esters is 2. The van der Waals surface area contributed by atoms with Gasteiger partial charge in [0.2, 0.25) is 5.88 Å². The lowest BCUT2D eigenvalue weighted by atomic mass is 10.2. The lowest BCUT2D eigenvalue weighted by molar-refractivity contribution is -0.136. The number of amides is 1. The maximum Gasteiger partial charge on any atom is 0.338 e. The van der Waals surface area contributed by atoms with Crippen molar-refractivity contribution in [3.63, 3.8) is 0 Å². The standard InChI is InChI=1S/C22H23N3O7/c1-3-31-21(28)14-8-9-23-18(12-14)32-16-6-4-15(5-7-16)24-19-17(22(29)30-2)13-25(10-11-26)20(19)27/h4-9,12,24,26H,3,10-11,13H2,1-2H3. The summed E-state index contributed by atoms with van der Waals surface area (Å²) in [5, 5.41) is 12.1. The third kappa shape index (κ3) is 5.22. The van der Waals surface area contributed by atoms with Gasteiger partial charge in [0, 0.05) is 24.5 Å². The number of benzene rings is 1.